The molecule has 1 N–H and O–H groups in total. The lowest BCUT2D eigenvalue weighted by molar-refractivity contribution is 0.817. The van der Waals surface area contributed by atoms with Crippen LogP contribution in [0.4, 0.5) is 0 Å². The van der Waals surface area contributed by atoms with Gasteiger partial charge in [-0.05, 0) is 30.3 Å². The number of hydrogen-bond acceptors (Lipinski definition) is 2. The van der Waals surface area contributed by atoms with Crippen LogP contribution in [0.25, 0.3) is 0 Å². The van der Waals surface area contributed by atoms with Crippen LogP contribution in [-0.4, -0.2) is 7.05 Å². The Kier molecular flexibility index (Phi) is 5.12. The van der Waals surface area contributed by atoms with E-state index >= 15 is 0 Å². The monoisotopic (exact) mass is 277 g/mol. The molecule has 0 heterocycles. The molecule has 0 fully saturated rings. The Balaban J connectivity index is 2.00. The molecule has 0 radical (unpaired) electrons. The first-order valence-electron chi connectivity index (χ1n) is 5.89. The van der Waals surface area contributed by atoms with E-state index in [-0.39, 0.29) is 0 Å². The third kappa shape index (κ3) is 3.77. The van der Waals surface area contributed by atoms with Gasteiger partial charge in [-0.3, -0.25) is 0 Å². The minimum atomic E-state index is 0.808. The molecule has 0 saturated carbocycles. The van der Waals surface area contributed by atoms with Crippen molar-refractivity contribution in [3.05, 3.63) is 64.7 Å². The number of rotatable bonds is 5. The van der Waals surface area contributed by atoms with Gasteiger partial charge in [0.25, 0.3) is 0 Å². The van der Waals surface area contributed by atoms with Gasteiger partial charge in [0.1, 0.15) is 0 Å². The molecule has 0 saturated heterocycles. The van der Waals surface area contributed by atoms with Gasteiger partial charge in [-0.2, -0.15) is 0 Å². The van der Waals surface area contributed by atoms with Crippen LogP contribution in [0, 0.1) is 0 Å². The molecule has 0 unspecified atom stereocenters. The van der Waals surface area contributed by atoms with E-state index in [1.807, 2.05) is 30.9 Å². The Morgan fingerprint density at radius 1 is 1.11 bits per heavy atom. The maximum atomic E-state index is 6.24. The fourth-order valence-corrected chi connectivity index (χ4v) is 2.90. The van der Waals surface area contributed by atoms with E-state index in [1.54, 1.807) is 0 Å². The molecule has 0 amide bonds. The summed E-state index contributed by atoms with van der Waals surface area (Å²) in [6.07, 6.45) is 0. The minimum absolute atomic E-state index is 0.808. The highest BCUT2D eigenvalue weighted by Gasteiger charge is 2.02. The van der Waals surface area contributed by atoms with Crippen LogP contribution in [0.3, 0.4) is 0 Å². The molecule has 1 nitrogen and oxygen atoms in total. The lowest BCUT2D eigenvalue weighted by Gasteiger charge is -2.06. The SMILES string of the molecule is CNCc1ccc(SCc2ccccc2)cc1Cl. The van der Waals surface area contributed by atoms with Crippen molar-refractivity contribution in [2.45, 2.75) is 17.2 Å². The molecule has 0 aromatic heterocycles. The fourth-order valence-electron chi connectivity index (χ4n) is 1.69. The molecule has 0 spiro atoms. The summed E-state index contributed by atoms with van der Waals surface area (Å²) in [6.45, 7) is 0.808. The minimum Gasteiger partial charge on any atom is -0.316 e. The molecule has 0 atom stereocenters. The van der Waals surface area contributed by atoms with Crippen LogP contribution in [0.1, 0.15) is 11.1 Å². The van der Waals surface area contributed by atoms with Crippen molar-refractivity contribution < 1.29 is 0 Å². The Bertz CT molecular complexity index is 499. The second-order valence-corrected chi connectivity index (χ2v) is 5.51. The van der Waals surface area contributed by atoms with E-state index in [2.05, 4.69) is 41.7 Å². The fraction of sp³-hybridized carbons (Fsp3) is 0.200. The molecule has 2 aromatic rings. The molecule has 0 bridgehead atoms. The molecule has 18 heavy (non-hydrogen) atoms. The third-order valence-electron chi connectivity index (χ3n) is 2.64. The summed E-state index contributed by atoms with van der Waals surface area (Å²) in [5.41, 5.74) is 2.47. The first-order valence-corrected chi connectivity index (χ1v) is 7.25. The predicted octanol–water partition coefficient (Wildman–Crippen LogP) is 4.35. The molecule has 2 aromatic carbocycles. The molecule has 0 aliphatic carbocycles. The highest BCUT2D eigenvalue weighted by Crippen LogP contribution is 2.27. The van der Waals surface area contributed by atoms with Crippen molar-refractivity contribution in [3.8, 4) is 0 Å². The zero-order valence-corrected chi connectivity index (χ0v) is 11.9. The van der Waals surface area contributed by atoms with Gasteiger partial charge >= 0.3 is 0 Å². The quantitative estimate of drug-likeness (QED) is 0.816. The summed E-state index contributed by atoms with van der Waals surface area (Å²) in [5, 5.41) is 3.95. The van der Waals surface area contributed by atoms with Gasteiger partial charge in [-0.1, -0.05) is 48.0 Å². The Labute approximate surface area is 118 Å². The molecule has 2 rings (SSSR count). The summed E-state index contributed by atoms with van der Waals surface area (Å²) in [5.74, 6) is 0.975. The van der Waals surface area contributed by atoms with Crippen LogP contribution in [0.2, 0.25) is 5.02 Å². The first-order chi connectivity index (χ1) is 8.79. The van der Waals surface area contributed by atoms with E-state index in [1.165, 1.54) is 10.5 Å². The van der Waals surface area contributed by atoms with Crippen molar-refractivity contribution in [2.75, 3.05) is 7.05 Å². The molecule has 0 aliphatic rings. The highest BCUT2D eigenvalue weighted by molar-refractivity contribution is 7.98. The van der Waals surface area contributed by atoms with Crippen molar-refractivity contribution in [2.24, 2.45) is 0 Å². The van der Waals surface area contributed by atoms with Gasteiger partial charge in [-0.15, -0.1) is 11.8 Å². The second kappa shape index (κ2) is 6.83. The summed E-state index contributed by atoms with van der Waals surface area (Å²) in [6, 6.07) is 16.7. The van der Waals surface area contributed by atoms with Gasteiger partial charge in [0, 0.05) is 22.2 Å². The Morgan fingerprint density at radius 3 is 2.56 bits per heavy atom. The van der Waals surface area contributed by atoms with Gasteiger partial charge in [0.05, 0.1) is 0 Å². The standard InChI is InChI=1S/C15H16ClNS/c1-17-10-13-7-8-14(9-15(13)16)18-11-12-5-3-2-4-6-12/h2-9,17H,10-11H2,1H3. The number of hydrogen-bond donors (Lipinski definition) is 1. The number of nitrogens with one attached hydrogen (secondary N) is 1. The lowest BCUT2D eigenvalue weighted by Crippen LogP contribution is -2.05. The lowest BCUT2D eigenvalue weighted by atomic mass is 10.2. The van der Waals surface area contributed by atoms with Crippen LogP contribution in [0.5, 0.6) is 0 Å². The molecule has 3 heteroatoms. The van der Waals surface area contributed by atoms with Gasteiger partial charge in [0.15, 0.2) is 0 Å². The summed E-state index contributed by atoms with van der Waals surface area (Å²) in [4.78, 5) is 1.21. The molecule has 0 aliphatic heterocycles. The van der Waals surface area contributed by atoms with Crippen LogP contribution in [-0.2, 0) is 12.3 Å². The third-order valence-corrected chi connectivity index (χ3v) is 4.06. The van der Waals surface area contributed by atoms with Crippen LogP contribution < -0.4 is 5.32 Å². The first kappa shape index (κ1) is 13.5. The van der Waals surface area contributed by atoms with E-state index in [9.17, 15) is 0 Å². The zero-order valence-electron chi connectivity index (χ0n) is 10.3. The smallest absolute Gasteiger partial charge is 0.0462 e. The van der Waals surface area contributed by atoms with Crippen molar-refractivity contribution in [1.29, 1.82) is 0 Å². The van der Waals surface area contributed by atoms with Gasteiger partial charge in [0.2, 0.25) is 0 Å². The largest absolute Gasteiger partial charge is 0.316 e. The number of thioether (sulfide) groups is 1. The number of benzene rings is 2. The van der Waals surface area contributed by atoms with E-state index < -0.39 is 0 Å². The van der Waals surface area contributed by atoms with Crippen molar-refractivity contribution in [1.82, 2.24) is 5.32 Å². The summed E-state index contributed by atoms with van der Waals surface area (Å²) < 4.78 is 0. The molecular formula is C15H16ClNS. The van der Waals surface area contributed by atoms with E-state index in [0.29, 0.717) is 0 Å². The van der Waals surface area contributed by atoms with Gasteiger partial charge < -0.3 is 5.32 Å². The van der Waals surface area contributed by atoms with Gasteiger partial charge in [-0.25, -0.2) is 0 Å². The van der Waals surface area contributed by atoms with Crippen LogP contribution >= 0.6 is 23.4 Å². The average Bonchev–Trinajstić information content (AvgIpc) is 2.41. The predicted molar refractivity (Wildman–Crippen MR) is 80.2 cm³/mol. The van der Waals surface area contributed by atoms with E-state index in [4.69, 9.17) is 11.6 Å². The second-order valence-electron chi connectivity index (χ2n) is 4.06. The van der Waals surface area contributed by atoms with Crippen molar-refractivity contribution >= 4 is 23.4 Å². The Hall–Kier alpha value is -0.960. The summed E-state index contributed by atoms with van der Waals surface area (Å²) >= 11 is 8.05. The molecule has 94 valence electrons. The maximum Gasteiger partial charge on any atom is 0.0462 e. The maximum absolute atomic E-state index is 6.24. The normalized spacial score (nSPS) is 10.6. The van der Waals surface area contributed by atoms with E-state index in [0.717, 1.165) is 22.9 Å². The summed E-state index contributed by atoms with van der Waals surface area (Å²) in [7, 11) is 1.92. The average molecular weight is 278 g/mol. The van der Waals surface area contributed by atoms with Crippen LogP contribution in [0.15, 0.2) is 53.4 Å². The van der Waals surface area contributed by atoms with Crippen molar-refractivity contribution in [3.63, 3.8) is 0 Å². The zero-order chi connectivity index (χ0) is 12.8. The highest BCUT2D eigenvalue weighted by atomic mass is 35.5. The number of halogens is 1. The Morgan fingerprint density at radius 2 is 1.89 bits per heavy atom. The topological polar surface area (TPSA) is 12.0 Å². The molecular weight excluding hydrogens is 262 g/mol.